The number of ether oxygens (including phenoxy) is 3. The number of aryl methyl sites for hydroxylation is 1. The normalized spacial score (nSPS) is 26.1. The van der Waals surface area contributed by atoms with Crippen LogP contribution >= 0.6 is 11.8 Å². The molecule has 1 aromatic carbocycles. The number of likely N-dealkylation sites (tertiary alicyclic amines) is 1. The highest BCUT2D eigenvalue weighted by atomic mass is 32.2. The van der Waals surface area contributed by atoms with Crippen LogP contribution in [-0.2, 0) is 27.1 Å². The lowest BCUT2D eigenvalue weighted by atomic mass is 9.92. The van der Waals surface area contributed by atoms with Crippen LogP contribution < -0.4 is 4.74 Å². The molecule has 158 valence electrons. The van der Waals surface area contributed by atoms with Gasteiger partial charge in [-0.15, -0.1) is 11.8 Å². The van der Waals surface area contributed by atoms with Gasteiger partial charge in [0.05, 0.1) is 23.9 Å². The fourth-order valence-electron chi connectivity index (χ4n) is 4.95. The minimum Gasteiger partial charge on any atom is -0.493 e. The van der Waals surface area contributed by atoms with Crippen LogP contribution in [0.4, 0.5) is 0 Å². The Hall–Kier alpha value is -1.24. The van der Waals surface area contributed by atoms with Crippen molar-refractivity contribution < 1.29 is 19.0 Å². The van der Waals surface area contributed by atoms with Gasteiger partial charge in [-0.1, -0.05) is 12.1 Å². The Morgan fingerprint density at radius 2 is 2.10 bits per heavy atom. The van der Waals surface area contributed by atoms with E-state index in [2.05, 4.69) is 6.07 Å². The summed E-state index contributed by atoms with van der Waals surface area (Å²) in [6, 6.07) is 6.23. The monoisotopic (exact) mass is 417 g/mol. The quantitative estimate of drug-likeness (QED) is 0.737. The van der Waals surface area contributed by atoms with Gasteiger partial charge in [0, 0.05) is 38.7 Å². The van der Waals surface area contributed by atoms with Gasteiger partial charge in [0.25, 0.3) is 0 Å². The molecule has 4 heterocycles. The number of nitrogens with zero attached hydrogens (tertiary/aromatic N) is 1. The molecule has 5 rings (SSSR count). The number of rotatable bonds is 5. The highest BCUT2D eigenvalue weighted by molar-refractivity contribution is 8.01. The van der Waals surface area contributed by atoms with E-state index in [0.29, 0.717) is 18.4 Å². The van der Waals surface area contributed by atoms with Crippen molar-refractivity contribution in [3.05, 3.63) is 29.3 Å². The van der Waals surface area contributed by atoms with E-state index in [0.717, 1.165) is 88.7 Å². The van der Waals surface area contributed by atoms with Gasteiger partial charge in [-0.3, -0.25) is 4.79 Å². The van der Waals surface area contributed by atoms with Crippen molar-refractivity contribution in [1.82, 2.24) is 4.90 Å². The topological polar surface area (TPSA) is 48.0 Å². The summed E-state index contributed by atoms with van der Waals surface area (Å²) in [5.41, 5.74) is 2.36. The molecule has 0 aromatic heterocycles. The van der Waals surface area contributed by atoms with E-state index >= 15 is 0 Å². The van der Waals surface area contributed by atoms with Gasteiger partial charge in [0.2, 0.25) is 5.91 Å². The molecular formula is C23H31NO4S. The summed E-state index contributed by atoms with van der Waals surface area (Å²) in [6.07, 6.45) is 6.30. The van der Waals surface area contributed by atoms with Crippen LogP contribution in [0, 0.1) is 5.92 Å². The van der Waals surface area contributed by atoms with E-state index < -0.39 is 0 Å². The summed E-state index contributed by atoms with van der Waals surface area (Å²) in [4.78, 5) is 14.8. The van der Waals surface area contributed by atoms with Crippen molar-refractivity contribution in [2.75, 3.05) is 45.3 Å². The molecule has 4 aliphatic heterocycles. The van der Waals surface area contributed by atoms with Gasteiger partial charge in [-0.05, 0) is 55.2 Å². The number of thioether (sulfide) groups is 1. The zero-order valence-electron chi connectivity index (χ0n) is 17.1. The molecule has 6 heteroatoms. The summed E-state index contributed by atoms with van der Waals surface area (Å²) >= 11 is 2.01. The van der Waals surface area contributed by atoms with Crippen LogP contribution in [0.25, 0.3) is 0 Å². The Balaban J connectivity index is 1.08. The largest absolute Gasteiger partial charge is 0.493 e. The smallest absolute Gasteiger partial charge is 0.227 e. The molecule has 0 saturated carbocycles. The molecule has 29 heavy (non-hydrogen) atoms. The van der Waals surface area contributed by atoms with Crippen LogP contribution in [-0.4, -0.2) is 66.9 Å². The first kappa shape index (κ1) is 19.7. The molecule has 5 nitrogen and oxygen atoms in total. The lowest BCUT2D eigenvalue weighted by Crippen LogP contribution is -2.61. The first-order valence-corrected chi connectivity index (χ1v) is 12.0. The molecule has 1 atom stereocenters. The van der Waals surface area contributed by atoms with Gasteiger partial charge < -0.3 is 19.1 Å². The second kappa shape index (κ2) is 8.48. The van der Waals surface area contributed by atoms with Crippen molar-refractivity contribution in [3.63, 3.8) is 0 Å². The number of amides is 1. The van der Waals surface area contributed by atoms with E-state index in [4.69, 9.17) is 14.2 Å². The Morgan fingerprint density at radius 3 is 2.97 bits per heavy atom. The second-order valence-electron chi connectivity index (χ2n) is 9.03. The summed E-state index contributed by atoms with van der Waals surface area (Å²) < 4.78 is 17.6. The Kier molecular flexibility index (Phi) is 5.76. The van der Waals surface area contributed by atoms with E-state index in [1.165, 1.54) is 5.56 Å². The van der Waals surface area contributed by atoms with Gasteiger partial charge in [-0.25, -0.2) is 0 Å². The third-order valence-corrected chi connectivity index (χ3v) is 8.30. The SMILES string of the molecule is O=C(Cc1ccc2c(c1)CCCO2)N1CC2(CC(OCC3CCOCC3)CS2)C1. The lowest BCUT2D eigenvalue weighted by Gasteiger charge is -2.47. The minimum atomic E-state index is 0.236. The number of hydrogen-bond acceptors (Lipinski definition) is 5. The predicted molar refractivity (Wildman–Crippen MR) is 114 cm³/mol. The molecule has 0 aliphatic carbocycles. The molecule has 1 aromatic rings. The number of benzene rings is 1. The lowest BCUT2D eigenvalue weighted by molar-refractivity contribution is -0.136. The summed E-state index contributed by atoms with van der Waals surface area (Å²) in [5, 5.41) is 0. The van der Waals surface area contributed by atoms with Crippen molar-refractivity contribution in [3.8, 4) is 5.75 Å². The average Bonchev–Trinajstić information content (AvgIpc) is 3.17. The number of fused-ring (bicyclic) bond motifs is 1. The van der Waals surface area contributed by atoms with Crippen LogP contribution in [0.5, 0.6) is 5.75 Å². The molecule has 1 spiro atoms. The third-order valence-electron chi connectivity index (χ3n) is 6.72. The minimum absolute atomic E-state index is 0.236. The van der Waals surface area contributed by atoms with E-state index in [-0.39, 0.29) is 10.7 Å². The van der Waals surface area contributed by atoms with Crippen LogP contribution in [0.3, 0.4) is 0 Å². The molecular weight excluding hydrogens is 386 g/mol. The molecule has 1 unspecified atom stereocenters. The van der Waals surface area contributed by atoms with Crippen LogP contribution in [0.1, 0.15) is 36.8 Å². The van der Waals surface area contributed by atoms with Crippen molar-refractivity contribution in [1.29, 1.82) is 0 Å². The molecule has 0 radical (unpaired) electrons. The third kappa shape index (κ3) is 4.44. The molecule has 3 saturated heterocycles. The standard InChI is InChI=1S/C23H31NO4S/c25-22(11-18-3-4-21-19(10-18)2-1-7-27-21)24-15-23(16-24)12-20(14-29-23)28-13-17-5-8-26-9-6-17/h3-4,10,17,20H,1-2,5-9,11-16H2. The van der Waals surface area contributed by atoms with Gasteiger partial charge >= 0.3 is 0 Å². The van der Waals surface area contributed by atoms with E-state index in [9.17, 15) is 4.79 Å². The molecule has 3 fully saturated rings. The molecule has 0 N–H and O–H groups in total. The number of carbonyl (C=O) groups excluding carboxylic acids is 1. The Morgan fingerprint density at radius 1 is 1.24 bits per heavy atom. The highest BCUT2D eigenvalue weighted by Gasteiger charge is 2.50. The number of hydrogen-bond donors (Lipinski definition) is 0. The van der Waals surface area contributed by atoms with Crippen molar-refractivity contribution >= 4 is 17.7 Å². The Labute approximate surface area is 177 Å². The fraction of sp³-hybridized carbons (Fsp3) is 0.696. The molecule has 0 bridgehead atoms. The van der Waals surface area contributed by atoms with E-state index in [1.54, 1.807) is 0 Å². The van der Waals surface area contributed by atoms with Crippen LogP contribution in [0.2, 0.25) is 0 Å². The number of carbonyl (C=O) groups is 1. The zero-order valence-corrected chi connectivity index (χ0v) is 17.9. The summed E-state index contributed by atoms with van der Waals surface area (Å²) in [6.45, 7) is 5.19. The Bertz CT molecular complexity index is 742. The highest BCUT2D eigenvalue weighted by Crippen LogP contribution is 2.46. The second-order valence-corrected chi connectivity index (χ2v) is 10.5. The fourth-order valence-corrected chi connectivity index (χ4v) is 6.50. The first-order valence-electron chi connectivity index (χ1n) is 11.0. The van der Waals surface area contributed by atoms with E-state index in [1.807, 2.05) is 28.8 Å². The van der Waals surface area contributed by atoms with Gasteiger partial charge in [0.1, 0.15) is 5.75 Å². The molecule has 4 aliphatic rings. The average molecular weight is 418 g/mol. The van der Waals surface area contributed by atoms with Crippen molar-refractivity contribution in [2.24, 2.45) is 5.92 Å². The van der Waals surface area contributed by atoms with Gasteiger partial charge in [-0.2, -0.15) is 0 Å². The van der Waals surface area contributed by atoms with Gasteiger partial charge in [0.15, 0.2) is 0 Å². The van der Waals surface area contributed by atoms with Crippen LogP contribution in [0.15, 0.2) is 18.2 Å². The summed E-state index contributed by atoms with van der Waals surface area (Å²) in [5.74, 6) is 2.96. The predicted octanol–water partition coefficient (Wildman–Crippen LogP) is 3.08. The first-order chi connectivity index (χ1) is 14.2. The maximum absolute atomic E-state index is 12.8. The summed E-state index contributed by atoms with van der Waals surface area (Å²) in [7, 11) is 0. The molecule has 1 amide bonds. The maximum atomic E-state index is 12.8. The zero-order chi connectivity index (χ0) is 19.7. The maximum Gasteiger partial charge on any atom is 0.227 e. The van der Waals surface area contributed by atoms with Crippen molar-refractivity contribution in [2.45, 2.75) is 49.4 Å².